The summed E-state index contributed by atoms with van der Waals surface area (Å²) in [5.74, 6) is -0.575. The normalized spacial score (nSPS) is 14.4. The van der Waals surface area contributed by atoms with Crippen LogP contribution >= 0.6 is 7.82 Å². The van der Waals surface area contributed by atoms with E-state index < -0.39 is 20.0 Å². The molecule has 0 aliphatic heterocycles. The molecule has 10 heteroatoms. The smallest absolute Gasteiger partial charge is 0.456 e. The number of carbonyl (C=O) groups excluding carboxylic acids is 2. The second kappa shape index (κ2) is 47.1. The lowest BCUT2D eigenvalue weighted by Gasteiger charge is -2.27. The number of allylic oxidation sites excluding steroid dienone is 11. The Morgan fingerprint density at radius 3 is 1.45 bits per heavy atom. The summed E-state index contributed by atoms with van der Waals surface area (Å²) in [4.78, 5) is 37.4. The van der Waals surface area contributed by atoms with Gasteiger partial charge in [-0.25, -0.2) is 4.57 Å². The summed E-state index contributed by atoms with van der Waals surface area (Å²) >= 11 is 0. The molecule has 3 atom stereocenters. The average Bonchev–Trinajstić information content (AvgIpc) is 3.28. The Labute approximate surface area is 413 Å². The first-order chi connectivity index (χ1) is 32.4. The standard InChI is InChI=1S/C57H103N2O7P/c1-7-10-13-16-19-22-25-27-28-29-30-32-34-37-40-43-46-49-56(60)58-54(53-65-67(62,63)64-52-51-59(4,5)6)55(48-45-42-39-36-33-24-21-18-15-12-9-3)66-57(61)50-47-44-41-38-35-31-26-23-20-17-14-11-8-2/h10,13,19,22,27-28,30,32,37,40,45,48,54-55H,7-9,11-12,14-18,20-21,23-26,29,31,33-36,38-39,41-44,46-47,49-53H2,1-6H3,(H-,58,60,62,63)/p+1/b13-10-,22-19-,28-27-,32-30-,40-37-,48-45+. The van der Waals surface area contributed by atoms with Crippen molar-refractivity contribution in [1.29, 1.82) is 0 Å². The summed E-state index contributed by atoms with van der Waals surface area (Å²) in [6.45, 7) is 6.83. The van der Waals surface area contributed by atoms with Gasteiger partial charge in [0.2, 0.25) is 5.91 Å². The van der Waals surface area contributed by atoms with Gasteiger partial charge in [0, 0.05) is 12.8 Å². The molecule has 3 unspecified atom stereocenters. The fourth-order valence-corrected chi connectivity index (χ4v) is 8.18. The lowest BCUT2D eigenvalue weighted by atomic mass is 10.0. The van der Waals surface area contributed by atoms with Gasteiger partial charge >= 0.3 is 13.8 Å². The highest BCUT2D eigenvalue weighted by Gasteiger charge is 2.30. The molecule has 1 amide bonds. The van der Waals surface area contributed by atoms with E-state index in [1.807, 2.05) is 33.3 Å². The first-order valence-corrected chi connectivity index (χ1v) is 28.8. The van der Waals surface area contributed by atoms with Crippen molar-refractivity contribution in [3.05, 3.63) is 72.9 Å². The molecule has 67 heavy (non-hydrogen) atoms. The molecule has 9 nitrogen and oxygen atoms in total. The van der Waals surface area contributed by atoms with Crippen molar-refractivity contribution in [2.24, 2.45) is 0 Å². The third-order valence-electron chi connectivity index (χ3n) is 11.7. The summed E-state index contributed by atoms with van der Waals surface area (Å²) in [6, 6.07) is -0.876. The van der Waals surface area contributed by atoms with E-state index in [-0.39, 0.29) is 37.9 Å². The number of ether oxygens (including phenoxy) is 1. The molecule has 388 valence electrons. The van der Waals surface area contributed by atoms with Crippen molar-refractivity contribution in [3.8, 4) is 0 Å². The van der Waals surface area contributed by atoms with Crippen molar-refractivity contribution in [1.82, 2.24) is 5.32 Å². The van der Waals surface area contributed by atoms with Gasteiger partial charge in [0.05, 0.1) is 33.8 Å². The molecular weight excluding hydrogens is 856 g/mol. The zero-order valence-corrected chi connectivity index (χ0v) is 45.0. The van der Waals surface area contributed by atoms with E-state index in [2.05, 4.69) is 86.8 Å². The SMILES string of the molecule is CC/C=C\C/C=C\C/C=C\C/C=C\C/C=C\CCCC(=O)NC(COP(=O)(O)OCC[N+](C)(C)C)C(/C=C/CCCCCCCCCCC)OC(=O)CCCCCCCCCCCCCCC. The van der Waals surface area contributed by atoms with E-state index in [1.54, 1.807) is 0 Å². The van der Waals surface area contributed by atoms with E-state index in [0.29, 0.717) is 17.4 Å². The van der Waals surface area contributed by atoms with Crippen molar-refractivity contribution in [2.75, 3.05) is 40.9 Å². The molecule has 0 aromatic carbocycles. The maximum atomic E-state index is 13.4. The molecule has 0 aromatic heterocycles. The molecule has 0 aliphatic carbocycles. The van der Waals surface area contributed by atoms with Gasteiger partial charge in [0.25, 0.3) is 0 Å². The van der Waals surface area contributed by atoms with Gasteiger partial charge < -0.3 is 19.4 Å². The molecule has 0 bridgehead atoms. The van der Waals surface area contributed by atoms with E-state index in [1.165, 1.54) is 109 Å². The first-order valence-electron chi connectivity index (χ1n) is 27.3. The summed E-state index contributed by atoms with van der Waals surface area (Å²) < 4.78 is 30.5. The van der Waals surface area contributed by atoms with Gasteiger partial charge in [-0.05, 0) is 70.3 Å². The number of hydrogen-bond donors (Lipinski definition) is 2. The zero-order valence-electron chi connectivity index (χ0n) is 44.1. The lowest BCUT2D eigenvalue weighted by Crippen LogP contribution is -2.47. The van der Waals surface area contributed by atoms with E-state index in [0.717, 1.165) is 77.0 Å². The maximum absolute atomic E-state index is 13.4. The number of carbonyl (C=O) groups is 2. The van der Waals surface area contributed by atoms with Crippen molar-refractivity contribution in [2.45, 2.75) is 238 Å². The van der Waals surface area contributed by atoms with Crippen molar-refractivity contribution < 1.29 is 37.3 Å². The third-order valence-corrected chi connectivity index (χ3v) is 12.6. The largest absolute Gasteiger partial charge is 0.472 e. The third kappa shape index (κ3) is 48.3. The summed E-state index contributed by atoms with van der Waals surface area (Å²) in [6.07, 6.45) is 59.0. The van der Waals surface area contributed by atoms with Crippen LogP contribution < -0.4 is 5.32 Å². The van der Waals surface area contributed by atoms with Crippen LogP contribution in [0.2, 0.25) is 0 Å². The highest BCUT2D eigenvalue weighted by Crippen LogP contribution is 2.43. The van der Waals surface area contributed by atoms with Crippen LogP contribution in [-0.2, 0) is 27.9 Å². The molecule has 0 aromatic rings. The maximum Gasteiger partial charge on any atom is 0.472 e. The van der Waals surface area contributed by atoms with Crippen LogP contribution in [0.25, 0.3) is 0 Å². The number of phosphoric acid groups is 1. The Hall–Kier alpha value is -2.55. The average molecular weight is 960 g/mol. The molecule has 0 fully saturated rings. The van der Waals surface area contributed by atoms with Gasteiger partial charge in [-0.3, -0.25) is 18.6 Å². The molecule has 0 heterocycles. The van der Waals surface area contributed by atoms with Crippen LogP contribution in [0.1, 0.15) is 226 Å². The fourth-order valence-electron chi connectivity index (χ4n) is 7.45. The predicted molar refractivity (Wildman–Crippen MR) is 286 cm³/mol. The Kier molecular flexibility index (Phi) is 45.3. The minimum absolute atomic E-state index is 0.0281. The molecule has 0 saturated heterocycles. The van der Waals surface area contributed by atoms with Crippen LogP contribution in [-0.4, -0.2) is 74.3 Å². The Balaban J connectivity index is 5.46. The summed E-state index contributed by atoms with van der Waals surface area (Å²) in [5.41, 5.74) is 0. The monoisotopic (exact) mass is 960 g/mol. The minimum atomic E-state index is -4.46. The minimum Gasteiger partial charge on any atom is -0.456 e. The van der Waals surface area contributed by atoms with Gasteiger partial charge in [0.15, 0.2) is 0 Å². The number of amides is 1. The van der Waals surface area contributed by atoms with E-state index in [4.69, 9.17) is 13.8 Å². The number of quaternary nitrogens is 1. The van der Waals surface area contributed by atoms with E-state index in [9.17, 15) is 19.0 Å². The number of esters is 1. The molecule has 0 spiro atoms. The topological polar surface area (TPSA) is 111 Å². The number of rotatable bonds is 48. The molecule has 0 aliphatic rings. The van der Waals surface area contributed by atoms with Crippen LogP contribution in [0.5, 0.6) is 0 Å². The molecule has 0 saturated carbocycles. The van der Waals surface area contributed by atoms with Gasteiger partial charge in [-0.2, -0.15) is 0 Å². The molecular formula is C57H104N2O7P+. The summed E-state index contributed by atoms with van der Waals surface area (Å²) in [5, 5.41) is 3.01. The molecule has 0 rings (SSSR count). The van der Waals surface area contributed by atoms with E-state index >= 15 is 0 Å². The zero-order chi connectivity index (χ0) is 49.4. The molecule has 0 radical (unpaired) electrons. The van der Waals surface area contributed by atoms with Crippen molar-refractivity contribution >= 4 is 19.7 Å². The second-order valence-corrected chi connectivity index (χ2v) is 20.8. The van der Waals surface area contributed by atoms with Gasteiger partial charge in [-0.1, -0.05) is 216 Å². The predicted octanol–water partition coefficient (Wildman–Crippen LogP) is 16.1. The number of likely N-dealkylation sites (N-methyl/N-ethyl adjacent to an activating group) is 1. The van der Waals surface area contributed by atoms with Crippen LogP contribution in [0.4, 0.5) is 0 Å². The highest BCUT2D eigenvalue weighted by molar-refractivity contribution is 7.47. The van der Waals surface area contributed by atoms with Crippen LogP contribution in [0.15, 0.2) is 72.9 Å². The highest BCUT2D eigenvalue weighted by atomic mass is 31.2. The lowest BCUT2D eigenvalue weighted by molar-refractivity contribution is -0.870. The van der Waals surface area contributed by atoms with Gasteiger partial charge in [-0.15, -0.1) is 0 Å². The summed E-state index contributed by atoms with van der Waals surface area (Å²) in [7, 11) is 1.45. The number of nitrogens with zero attached hydrogens (tertiary/aromatic N) is 1. The Morgan fingerprint density at radius 2 is 0.970 bits per heavy atom. The number of unbranched alkanes of at least 4 members (excludes halogenated alkanes) is 22. The van der Waals surface area contributed by atoms with Gasteiger partial charge in [0.1, 0.15) is 19.3 Å². The van der Waals surface area contributed by atoms with Crippen LogP contribution in [0, 0.1) is 0 Å². The van der Waals surface area contributed by atoms with Crippen LogP contribution in [0.3, 0.4) is 0 Å². The number of phosphoric ester groups is 1. The number of hydrogen-bond acceptors (Lipinski definition) is 6. The Bertz CT molecular complexity index is 1380. The van der Waals surface area contributed by atoms with Crippen molar-refractivity contribution in [3.63, 3.8) is 0 Å². The Morgan fingerprint density at radius 1 is 0.537 bits per heavy atom. The quantitative estimate of drug-likeness (QED) is 0.0205. The fraction of sp³-hybridized carbons (Fsp3) is 0.754. The first kappa shape index (κ1) is 64.5. The number of nitrogens with one attached hydrogen (secondary N) is 1. The second-order valence-electron chi connectivity index (χ2n) is 19.4. The molecule has 2 N–H and O–H groups in total.